The molecule has 1 atom stereocenters. The zero-order valence-electron chi connectivity index (χ0n) is 14.3. The Kier molecular flexibility index (Phi) is 4.01. The standard InChI is InChI=1S/C19H14N4O3S/c1-19(13-5-2-4-12(8-13)9-20)17(24)23(18(25)22-19)10-14-11-27-16(21-14)15-6-3-7-26-15/h2-8,11H,10H2,1H3,(H,22,25)/t19-/m0/s1. The topological polar surface area (TPSA) is 99.2 Å². The molecule has 1 aliphatic heterocycles. The Balaban J connectivity index is 1.59. The zero-order chi connectivity index (χ0) is 19.0. The van der Waals surface area contributed by atoms with Gasteiger partial charge < -0.3 is 9.73 Å². The van der Waals surface area contributed by atoms with Gasteiger partial charge in [0.05, 0.1) is 30.1 Å². The number of hydrogen-bond acceptors (Lipinski definition) is 6. The van der Waals surface area contributed by atoms with Crippen LogP contribution in [0, 0.1) is 11.3 Å². The number of carbonyl (C=O) groups is 2. The third kappa shape index (κ3) is 2.88. The maximum Gasteiger partial charge on any atom is 0.325 e. The van der Waals surface area contributed by atoms with Crippen molar-refractivity contribution in [2.24, 2.45) is 0 Å². The number of thiazole rings is 1. The number of amides is 3. The number of nitriles is 1. The second-order valence-corrected chi connectivity index (χ2v) is 7.12. The van der Waals surface area contributed by atoms with E-state index in [1.54, 1.807) is 55.0 Å². The molecule has 1 saturated heterocycles. The first-order chi connectivity index (χ1) is 13.0. The summed E-state index contributed by atoms with van der Waals surface area (Å²) in [7, 11) is 0. The Labute approximate surface area is 158 Å². The fourth-order valence-corrected chi connectivity index (χ4v) is 3.77. The minimum atomic E-state index is -1.22. The summed E-state index contributed by atoms with van der Waals surface area (Å²) in [6.45, 7) is 1.70. The minimum absolute atomic E-state index is 0.0649. The summed E-state index contributed by atoms with van der Waals surface area (Å²) in [4.78, 5) is 31.0. The second-order valence-electron chi connectivity index (χ2n) is 6.26. The molecule has 27 heavy (non-hydrogen) atoms. The van der Waals surface area contributed by atoms with Gasteiger partial charge in [0, 0.05) is 5.38 Å². The molecule has 0 unspecified atom stereocenters. The lowest BCUT2D eigenvalue weighted by Crippen LogP contribution is -2.40. The van der Waals surface area contributed by atoms with Crippen LogP contribution in [0.5, 0.6) is 0 Å². The summed E-state index contributed by atoms with van der Waals surface area (Å²) < 4.78 is 5.32. The van der Waals surface area contributed by atoms with Crippen molar-refractivity contribution in [1.29, 1.82) is 5.26 Å². The summed E-state index contributed by atoms with van der Waals surface area (Å²) in [6.07, 6.45) is 1.56. The van der Waals surface area contributed by atoms with Crippen molar-refractivity contribution in [2.45, 2.75) is 19.0 Å². The molecule has 0 saturated carbocycles. The number of carbonyl (C=O) groups excluding carboxylic acids is 2. The fourth-order valence-electron chi connectivity index (χ4n) is 2.99. The van der Waals surface area contributed by atoms with Gasteiger partial charge in [0.1, 0.15) is 5.54 Å². The van der Waals surface area contributed by atoms with Gasteiger partial charge in [-0.3, -0.25) is 9.69 Å². The summed E-state index contributed by atoms with van der Waals surface area (Å²) in [5, 5.41) is 14.3. The second kappa shape index (κ2) is 6.37. The SMILES string of the molecule is C[C@@]1(c2cccc(C#N)c2)NC(=O)N(Cc2csc(-c3ccco3)n2)C1=O. The van der Waals surface area contributed by atoms with Crippen LogP contribution in [-0.2, 0) is 16.9 Å². The Morgan fingerprint density at radius 2 is 2.19 bits per heavy atom. The van der Waals surface area contributed by atoms with E-state index in [4.69, 9.17) is 9.68 Å². The molecule has 2 aromatic heterocycles. The van der Waals surface area contributed by atoms with Crippen LogP contribution in [0.25, 0.3) is 10.8 Å². The molecule has 0 radical (unpaired) electrons. The lowest BCUT2D eigenvalue weighted by molar-refractivity contribution is -0.131. The summed E-state index contributed by atoms with van der Waals surface area (Å²) >= 11 is 1.38. The molecular formula is C19H14N4O3S. The molecule has 0 aliphatic carbocycles. The van der Waals surface area contributed by atoms with Gasteiger partial charge in [-0.05, 0) is 36.8 Å². The molecule has 8 heteroatoms. The quantitative estimate of drug-likeness (QED) is 0.703. The molecule has 3 aromatic rings. The molecule has 134 valence electrons. The van der Waals surface area contributed by atoms with E-state index in [2.05, 4.69) is 10.3 Å². The van der Waals surface area contributed by atoms with Crippen molar-refractivity contribution >= 4 is 23.3 Å². The number of nitrogens with one attached hydrogen (secondary N) is 1. The number of nitrogens with zero attached hydrogens (tertiary/aromatic N) is 3. The Morgan fingerprint density at radius 1 is 1.33 bits per heavy atom. The third-order valence-corrected chi connectivity index (χ3v) is 5.35. The van der Waals surface area contributed by atoms with Crippen molar-refractivity contribution in [1.82, 2.24) is 15.2 Å². The van der Waals surface area contributed by atoms with Gasteiger partial charge in [-0.1, -0.05) is 12.1 Å². The highest BCUT2D eigenvalue weighted by molar-refractivity contribution is 7.13. The Bertz CT molecular complexity index is 1070. The average Bonchev–Trinajstić information content (AvgIpc) is 3.40. The number of imide groups is 1. The number of hydrogen-bond donors (Lipinski definition) is 1. The number of furan rings is 1. The molecule has 3 amide bonds. The molecule has 3 heterocycles. The largest absolute Gasteiger partial charge is 0.462 e. The molecule has 1 aromatic carbocycles. The predicted molar refractivity (Wildman–Crippen MR) is 97.4 cm³/mol. The van der Waals surface area contributed by atoms with E-state index >= 15 is 0 Å². The van der Waals surface area contributed by atoms with E-state index in [1.165, 1.54) is 11.3 Å². The first kappa shape index (κ1) is 17.0. The number of benzene rings is 1. The molecule has 1 N–H and O–H groups in total. The summed E-state index contributed by atoms with van der Waals surface area (Å²) in [5.41, 5.74) is 0.378. The van der Waals surface area contributed by atoms with Gasteiger partial charge in [-0.25, -0.2) is 9.78 Å². The van der Waals surface area contributed by atoms with Gasteiger partial charge in [0.25, 0.3) is 5.91 Å². The lowest BCUT2D eigenvalue weighted by atomic mass is 9.91. The highest BCUT2D eigenvalue weighted by Crippen LogP contribution is 2.31. The maximum atomic E-state index is 13.0. The van der Waals surface area contributed by atoms with Crippen LogP contribution < -0.4 is 5.32 Å². The van der Waals surface area contributed by atoms with Crippen LogP contribution in [0.15, 0.2) is 52.5 Å². The van der Waals surface area contributed by atoms with E-state index in [0.29, 0.717) is 27.6 Å². The molecule has 4 rings (SSSR count). The molecule has 7 nitrogen and oxygen atoms in total. The first-order valence-electron chi connectivity index (χ1n) is 8.14. The highest BCUT2D eigenvalue weighted by Gasteiger charge is 2.49. The van der Waals surface area contributed by atoms with E-state index in [1.807, 2.05) is 6.07 Å². The normalized spacial score (nSPS) is 19.2. The molecule has 0 spiro atoms. The zero-order valence-corrected chi connectivity index (χ0v) is 15.1. The van der Waals surface area contributed by atoms with Gasteiger partial charge in [0.2, 0.25) is 0 Å². The molecule has 1 aliphatic rings. The smallest absolute Gasteiger partial charge is 0.325 e. The van der Waals surface area contributed by atoms with Crippen LogP contribution in [0.1, 0.15) is 23.7 Å². The monoisotopic (exact) mass is 378 g/mol. The molecule has 0 bridgehead atoms. The fraction of sp³-hybridized carbons (Fsp3) is 0.158. The van der Waals surface area contributed by atoms with Crippen molar-refractivity contribution in [3.8, 4) is 16.8 Å². The highest BCUT2D eigenvalue weighted by atomic mass is 32.1. The minimum Gasteiger partial charge on any atom is -0.462 e. The Morgan fingerprint density at radius 3 is 2.93 bits per heavy atom. The number of rotatable bonds is 4. The first-order valence-corrected chi connectivity index (χ1v) is 9.02. The van der Waals surface area contributed by atoms with E-state index in [-0.39, 0.29) is 12.5 Å². The number of urea groups is 1. The summed E-state index contributed by atoms with van der Waals surface area (Å²) in [5.74, 6) is 0.261. The molecular weight excluding hydrogens is 364 g/mol. The van der Waals surface area contributed by atoms with E-state index in [9.17, 15) is 9.59 Å². The van der Waals surface area contributed by atoms with Crippen molar-refractivity contribution in [3.63, 3.8) is 0 Å². The van der Waals surface area contributed by atoms with Gasteiger partial charge in [0.15, 0.2) is 10.8 Å². The summed E-state index contributed by atoms with van der Waals surface area (Å²) in [6, 6.07) is 11.8. The van der Waals surface area contributed by atoms with Crippen LogP contribution >= 0.6 is 11.3 Å². The van der Waals surface area contributed by atoms with Crippen LogP contribution in [0.3, 0.4) is 0 Å². The van der Waals surface area contributed by atoms with Crippen LogP contribution in [-0.4, -0.2) is 21.8 Å². The van der Waals surface area contributed by atoms with Crippen molar-refractivity contribution in [2.75, 3.05) is 0 Å². The number of aromatic nitrogens is 1. The van der Waals surface area contributed by atoms with E-state index in [0.717, 1.165) is 4.90 Å². The van der Waals surface area contributed by atoms with E-state index < -0.39 is 11.6 Å². The van der Waals surface area contributed by atoms with Crippen LogP contribution in [0.2, 0.25) is 0 Å². The van der Waals surface area contributed by atoms with Gasteiger partial charge in [-0.2, -0.15) is 5.26 Å². The average molecular weight is 378 g/mol. The Hall–Kier alpha value is -3.44. The predicted octanol–water partition coefficient (Wildman–Crippen LogP) is 3.24. The third-order valence-electron chi connectivity index (χ3n) is 4.45. The lowest BCUT2D eigenvalue weighted by Gasteiger charge is -2.22. The van der Waals surface area contributed by atoms with Crippen molar-refractivity contribution < 1.29 is 14.0 Å². The molecule has 1 fully saturated rings. The van der Waals surface area contributed by atoms with Crippen LogP contribution in [0.4, 0.5) is 4.79 Å². The van der Waals surface area contributed by atoms with Gasteiger partial charge >= 0.3 is 6.03 Å². The van der Waals surface area contributed by atoms with Gasteiger partial charge in [-0.15, -0.1) is 11.3 Å². The maximum absolute atomic E-state index is 13.0. The van der Waals surface area contributed by atoms with Crippen molar-refractivity contribution in [3.05, 3.63) is 64.9 Å².